The first kappa shape index (κ1) is 12.2. The topological polar surface area (TPSA) is 32.8 Å². The minimum atomic E-state index is 0.756. The molecule has 2 aromatic heterocycles. The van der Waals surface area contributed by atoms with E-state index in [1.165, 1.54) is 22.3 Å². The fourth-order valence-corrected chi connectivity index (χ4v) is 2.56. The Kier molecular flexibility index (Phi) is 2.99. The third-order valence-electron chi connectivity index (χ3n) is 3.43. The van der Waals surface area contributed by atoms with Gasteiger partial charge < -0.3 is 10.4 Å². The maximum absolute atomic E-state index is 5.99. The van der Waals surface area contributed by atoms with Gasteiger partial charge in [0.2, 0.25) is 0 Å². The molecule has 0 saturated carbocycles. The molecule has 2 heterocycles. The molecule has 0 unspecified atom stereocenters. The van der Waals surface area contributed by atoms with E-state index < -0.39 is 0 Å². The van der Waals surface area contributed by atoms with Gasteiger partial charge in [-0.1, -0.05) is 17.7 Å². The minimum Gasteiger partial charge on any atom is -0.361 e. The minimum absolute atomic E-state index is 0.756. The number of aryl methyl sites for hydroxylation is 2. The van der Waals surface area contributed by atoms with Gasteiger partial charge in [-0.05, 0) is 43.7 Å². The van der Waals surface area contributed by atoms with Gasteiger partial charge in [-0.25, -0.2) is 0 Å². The summed E-state index contributed by atoms with van der Waals surface area (Å²) in [4.78, 5) is 3.25. The summed E-state index contributed by atoms with van der Waals surface area (Å²) >= 11 is 5.99. The van der Waals surface area contributed by atoms with E-state index in [2.05, 4.69) is 47.1 Å². The lowest BCUT2D eigenvalue weighted by Crippen LogP contribution is -2.16. The number of nitrogens with one attached hydrogen (secondary N) is 2. The van der Waals surface area contributed by atoms with Crippen LogP contribution in [0.25, 0.3) is 10.9 Å². The number of hydrogen-bond donors (Lipinski definition) is 2. The van der Waals surface area contributed by atoms with Gasteiger partial charge in [0.05, 0.1) is 6.54 Å². The van der Waals surface area contributed by atoms with E-state index in [0.717, 1.165) is 17.1 Å². The van der Waals surface area contributed by atoms with Crippen molar-refractivity contribution in [3.05, 3.63) is 58.5 Å². The zero-order chi connectivity index (χ0) is 13.4. The van der Waals surface area contributed by atoms with Crippen LogP contribution in [0.4, 0.5) is 0 Å². The van der Waals surface area contributed by atoms with Crippen LogP contribution in [0.5, 0.6) is 0 Å². The third kappa shape index (κ3) is 2.22. The van der Waals surface area contributed by atoms with E-state index in [0.29, 0.717) is 0 Å². The molecular weight excluding hydrogens is 258 g/mol. The Morgan fingerprint density at radius 2 is 1.89 bits per heavy atom. The largest absolute Gasteiger partial charge is 0.361 e. The molecular formula is C15H16ClN3. The number of benzene rings is 1. The lowest BCUT2D eigenvalue weighted by Gasteiger charge is -2.12. The van der Waals surface area contributed by atoms with Gasteiger partial charge in [-0.2, -0.15) is 0 Å². The van der Waals surface area contributed by atoms with E-state index in [1.807, 2.05) is 18.3 Å². The maximum atomic E-state index is 5.99. The second-order valence-corrected chi connectivity index (χ2v) is 5.23. The Morgan fingerprint density at radius 1 is 1.16 bits per heavy atom. The Balaban J connectivity index is 1.86. The van der Waals surface area contributed by atoms with E-state index in [1.54, 1.807) is 0 Å². The number of halogens is 1. The number of nitrogens with zero attached hydrogens (tertiary/aromatic N) is 1. The smallest absolute Gasteiger partial charge is 0.0585 e. The normalized spacial score (nSPS) is 11.1. The number of hydrogen-bond acceptors (Lipinski definition) is 1. The van der Waals surface area contributed by atoms with Crippen LogP contribution in [0.2, 0.25) is 5.02 Å². The molecule has 2 N–H and O–H groups in total. The average Bonchev–Trinajstić information content (AvgIpc) is 2.92. The molecule has 19 heavy (non-hydrogen) atoms. The lowest BCUT2D eigenvalue weighted by atomic mass is 10.2. The number of fused-ring (bicyclic) bond motifs is 1. The van der Waals surface area contributed by atoms with Gasteiger partial charge in [0, 0.05) is 33.5 Å². The summed E-state index contributed by atoms with van der Waals surface area (Å²) in [6.45, 7) is 4.96. The molecule has 3 aromatic rings. The highest BCUT2D eigenvalue weighted by molar-refractivity contribution is 6.31. The summed E-state index contributed by atoms with van der Waals surface area (Å²) in [6, 6.07) is 10.1. The third-order valence-corrected chi connectivity index (χ3v) is 3.66. The molecule has 0 amide bonds. The van der Waals surface area contributed by atoms with Crippen molar-refractivity contribution in [3.8, 4) is 0 Å². The average molecular weight is 274 g/mol. The van der Waals surface area contributed by atoms with Crippen molar-refractivity contribution in [2.24, 2.45) is 0 Å². The van der Waals surface area contributed by atoms with Gasteiger partial charge in [0.15, 0.2) is 0 Å². The number of aromatic amines is 1. The first-order valence-corrected chi connectivity index (χ1v) is 6.67. The fraction of sp³-hybridized carbons (Fsp3) is 0.200. The Hall–Kier alpha value is -1.87. The predicted octanol–water partition coefficient (Wildman–Crippen LogP) is 3.98. The summed E-state index contributed by atoms with van der Waals surface area (Å²) in [7, 11) is 0. The van der Waals surface area contributed by atoms with Crippen molar-refractivity contribution < 1.29 is 0 Å². The Morgan fingerprint density at radius 3 is 2.63 bits per heavy atom. The molecule has 0 spiro atoms. The van der Waals surface area contributed by atoms with Crippen molar-refractivity contribution in [3.63, 3.8) is 0 Å². The molecule has 3 rings (SSSR count). The van der Waals surface area contributed by atoms with E-state index in [4.69, 9.17) is 11.6 Å². The summed E-state index contributed by atoms with van der Waals surface area (Å²) in [5.74, 6) is 0. The molecule has 0 aliphatic rings. The predicted molar refractivity (Wildman–Crippen MR) is 80.3 cm³/mol. The Bertz CT molecular complexity index is 705. The first-order valence-electron chi connectivity index (χ1n) is 6.29. The van der Waals surface area contributed by atoms with Crippen molar-refractivity contribution in [2.75, 3.05) is 5.43 Å². The van der Waals surface area contributed by atoms with E-state index in [9.17, 15) is 0 Å². The Labute approximate surface area is 117 Å². The van der Waals surface area contributed by atoms with Gasteiger partial charge in [-0.3, -0.25) is 4.68 Å². The fourth-order valence-electron chi connectivity index (χ4n) is 2.39. The van der Waals surface area contributed by atoms with Crippen molar-refractivity contribution in [2.45, 2.75) is 20.4 Å². The monoisotopic (exact) mass is 273 g/mol. The van der Waals surface area contributed by atoms with Crippen molar-refractivity contribution in [1.29, 1.82) is 0 Å². The van der Waals surface area contributed by atoms with Gasteiger partial charge in [-0.15, -0.1) is 0 Å². The highest BCUT2D eigenvalue weighted by atomic mass is 35.5. The van der Waals surface area contributed by atoms with Gasteiger partial charge >= 0.3 is 0 Å². The second kappa shape index (κ2) is 4.67. The second-order valence-electron chi connectivity index (χ2n) is 4.79. The van der Waals surface area contributed by atoms with Crippen LogP contribution < -0.4 is 5.43 Å². The molecule has 0 aliphatic carbocycles. The SMILES string of the molecule is Cc1ccc(C)n1NCc1c[nH]c2cc(Cl)ccc12. The molecule has 0 saturated heterocycles. The van der Waals surface area contributed by atoms with Crippen molar-refractivity contribution in [1.82, 2.24) is 9.66 Å². The zero-order valence-corrected chi connectivity index (χ0v) is 11.8. The lowest BCUT2D eigenvalue weighted by molar-refractivity contribution is 0.794. The number of rotatable bonds is 3. The van der Waals surface area contributed by atoms with E-state index >= 15 is 0 Å². The molecule has 4 heteroatoms. The van der Waals surface area contributed by atoms with Crippen LogP contribution in [0, 0.1) is 13.8 Å². The van der Waals surface area contributed by atoms with E-state index in [-0.39, 0.29) is 0 Å². The maximum Gasteiger partial charge on any atom is 0.0585 e. The molecule has 0 radical (unpaired) electrons. The molecule has 0 aliphatic heterocycles. The van der Waals surface area contributed by atoms with Crippen LogP contribution in [0.15, 0.2) is 36.5 Å². The van der Waals surface area contributed by atoms with Crippen LogP contribution in [0.3, 0.4) is 0 Å². The number of H-pyrrole nitrogens is 1. The summed E-state index contributed by atoms with van der Waals surface area (Å²) in [6.07, 6.45) is 2.03. The molecule has 0 atom stereocenters. The van der Waals surface area contributed by atoms with Crippen LogP contribution in [-0.2, 0) is 6.54 Å². The quantitative estimate of drug-likeness (QED) is 0.743. The van der Waals surface area contributed by atoms with Crippen LogP contribution in [-0.4, -0.2) is 9.66 Å². The molecule has 98 valence electrons. The molecule has 0 bridgehead atoms. The highest BCUT2D eigenvalue weighted by Gasteiger charge is 2.05. The molecule has 0 fully saturated rings. The van der Waals surface area contributed by atoms with Crippen molar-refractivity contribution >= 4 is 22.5 Å². The summed E-state index contributed by atoms with van der Waals surface area (Å²) in [5.41, 5.74) is 8.16. The number of aromatic nitrogens is 2. The molecule has 1 aromatic carbocycles. The first-order chi connectivity index (χ1) is 9.15. The van der Waals surface area contributed by atoms with Crippen LogP contribution in [0.1, 0.15) is 17.0 Å². The zero-order valence-electron chi connectivity index (χ0n) is 11.0. The summed E-state index contributed by atoms with van der Waals surface area (Å²) in [5, 5.41) is 1.96. The standard InChI is InChI=1S/C15H16ClN3/c1-10-3-4-11(2)19(10)18-9-12-8-17-15-7-13(16)5-6-14(12)15/h3-8,17-18H,9H2,1-2H3. The van der Waals surface area contributed by atoms with Gasteiger partial charge in [0.1, 0.15) is 0 Å². The van der Waals surface area contributed by atoms with Gasteiger partial charge in [0.25, 0.3) is 0 Å². The highest BCUT2D eigenvalue weighted by Crippen LogP contribution is 2.22. The summed E-state index contributed by atoms with van der Waals surface area (Å²) < 4.78 is 2.11. The molecule has 3 nitrogen and oxygen atoms in total. The van der Waals surface area contributed by atoms with Crippen LogP contribution >= 0.6 is 11.6 Å².